The molecular weight excluding hydrogens is 576 g/mol. The Hall–Kier alpha value is -5.35. The van der Waals surface area contributed by atoms with Crippen molar-refractivity contribution in [2.45, 2.75) is 37.8 Å². The molecule has 46 heavy (non-hydrogen) atoms. The molecule has 0 bridgehead atoms. The molecule has 0 spiro atoms. The first-order valence-corrected chi connectivity index (χ1v) is 15.6. The van der Waals surface area contributed by atoms with Gasteiger partial charge in [-0.25, -0.2) is 14.5 Å². The first-order valence-electron chi connectivity index (χ1n) is 15.6. The van der Waals surface area contributed by atoms with Gasteiger partial charge >= 0.3 is 0 Å². The van der Waals surface area contributed by atoms with Gasteiger partial charge in [0.25, 0.3) is 5.91 Å². The Balaban J connectivity index is 1.10. The van der Waals surface area contributed by atoms with Crippen LogP contribution >= 0.6 is 0 Å². The number of amides is 2. The first kappa shape index (κ1) is 30.7. The largest absolute Gasteiger partial charge is 0.351 e. The van der Waals surface area contributed by atoms with Crippen molar-refractivity contribution in [1.82, 2.24) is 29.8 Å². The van der Waals surface area contributed by atoms with E-state index in [-0.39, 0.29) is 23.9 Å². The number of rotatable bonds is 10. The maximum atomic E-state index is 13.1. The third-order valence-electron chi connectivity index (χ3n) is 8.00. The lowest BCUT2D eigenvalue weighted by molar-refractivity contribution is -0.111. The van der Waals surface area contributed by atoms with E-state index in [4.69, 9.17) is 10.1 Å². The summed E-state index contributed by atoms with van der Waals surface area (Å²) in [4.78, 5) is 36.7. The predicted octanol–water partition coefficient (Wildman–Crippen LogP) is 5.67. The normalized spacial score (nSPS) is 16.5. The van der Waals surface area contributed by atoms with Gasteiger partial charge in [-0.05, 0) is 82.2 Å². The summed E-state index contributed by atoms with van der Waals surface area (Å²) in [7, 11) is 3.88. The molecule has 2 aromatic carbocycles. The summed E-state index contributed by atoms with van der Waals surface area (Å²) in [6, 6.07) is 25.2. The summed E-state index contributed by atoms with van der Waals surface area (Å²) in [6.45, 7) is 0.683. The lowest BCUT2D eigenvalue weighted by Gasteiger charge is -2.30. The van der Waals surface area contributed by atoms with E-state index in [0.717, 1.165) is 53.7 Å². The molecule has 10 nitrogen and oxygen atoms in total. The Kier molecular flexibility index (Phi) is 9.45. The van der Waals surface area contributed by atoms with Gasteiger partial charge in [-0.3, -0.25) is 9.59 Å². The molecule has 1 aliphatic carbocycles. The van der Waals surface area contributed by atoms with Crippen LogP contribution in [0.2, 0.25) is 0 Å². The molecule has 234 valence electrons. The predicted molar refractivity (Wildman–Crippen MR) is 182 cm³/mol. The lowest BCUT2D eigenvalue weighted by atomic mass is 9.91. The van der Waals surface area contributed by atoms with Crippen molar-refractivity contribution in [3.05, 3.63) is 109 Å². The number of benzene rings is 2. The Morgan fingerprint density at radius 2 is 1.74 bits per heavy atom. The van der Waals surface area contributed by atoms with Crippen molar-refractivity contribution in [2.75, 3.05) is 31.3 Å². The first-order chi connectivity index (χ1) is 22.4. The van der Waals surface area contributed by atoms with E-state index in [1.54, 1.807) is 36.5 Å². The molecule has 2 amide bonds. The number of carbonyl (C=O) groups is 2. The monoisotopic (exact) mass is 614 g/mol. The number of carbonyl (C=O) groups excluding carboxylic acids is 2. The Bertz CT molecular complexity index is 1830. The second-order valence-corrected chi connectivity index (χ2v) is 11.8. The minimum Gasteiger partial charge on any atom is -0.351 e. The van der Waals surface area contributed by atoms with Crippen LogP contribution in [0.5, 0.6) is 0 Å². The van der Waals surface area contributed by atoms with Gasteiger partial charge in [-0.15, -0.1) is 0 Å². The molecule has 3 aromatic heterocycles. The van der Waals surface area contributed by atoms with E-state index in [9.17, 15) is 9.59 Å². The van der Waals surface area contributed by atoms with Crippen molar-refractivity contribution in [1.29, 1.82) is 0 Å². The summed E-state index contributed by atoms with van der Waals surface area (Å²) in [5.74, 6) is 0.219. The molecule has 2 unspecified atom stereocenters. The van der Waals surface area contributed by atoms with E-state index in [0.29, 0.717) is 23.7 Å². The molecule has 10 heteroatoms. The number of hydrogen-bond acceptors (Lipinski definition) is 7. The number of nitrogens with zero attached hydrogens (tertiary/aromatic N) is 5. The second kappa shape index (κ2) is 14.2. The molecule has 3 N–H and O–H groups in total. The maximum absolute atomic E-state index is 13.1. The van der Waals surface area contributed by atoms with Crippen LogP contribution in [-0.4, -0.2) is 69.0 Å². The van der Waals surface area contributed by atoms with Gasteiger partial charge in [0, 0.05) is 53.9 Å². The van der Waals surface area contributed by atoms with Gasteiger partial charge in [-0.1, -0.05) is 42.5 Å². The molecule has 0 aliphatic heterocycles. The molecule has 0 saturated heterocycles. The zero-order valence-electron chi connectivity index (χ0n) is 26.1. The highest BCUT2D eigenvalue weighted by molar-refractivity contribution is 6.00. The molecule has 2 atom stereocenters. The number of hydrogen-bond donors (Lipinski definition) is 3. The van der Waals surface area contributed by atoms with E-state index < -0.39 is 0 Å². The molecule has 6 rings (SSSR count). The fraction of sp³-hybridized carbons (Fsp3) is 0.250. The van der Waals surface area contributed by atoms with Crippen LogP contribution in [0.1, 0.15) is 36.0 Å². The van der Waals surface area contributed by atoms with Crippen LogP contribution in [-0.2, 0) is 4.79 Å². The SMILES string of the molecule is CN(C)C/C=C/C(=O)Nc1ccc(C(=O)NC2CCCC(Nc3nccc(-c4c(-c5ccccc5)nn5ccccc45)n3)C2)cc1. The van der Waals surface area contributed by atoms with Crippen molar-refractivity contribution >= 4 is 29.0 Å². The van der Waals surface area contributed by atoms with Crippen LogP contribution in [0.15, 0.2) is 103 Å². The van der Waals surface area contributed by atoms with Gasteiger partial charge < -0.3 is 20.9 Å². The van der Waals surface area contributed by atoms with Gasteiger partial charge in [0.15, 0.2) is 0 Å². The minimum absolute atomic E-state index is 0.0208. The number of nitrogens with one attached hydrogen (secondary N) is 3. The van der Waals surface area contributed by atoms with E-state index in [2.05, 4.69) is 33.1 Å². The highest BCUT2D eigenvalue weighted by Crippen LogP contribution is 2.34. The minimum atomic E-state index is -0.204. The molecule has 1 aliphatic rings. The van der Waals surface area contributed by atoms with Crippen molar-refractivity contribution < 1.29 is 9.59 Å². The number of pyridine rings is 1. The molecule has 1 fully saturated rings. The summed E-state index contributed by atoms with van der Waals surface area (Å²) >= 11 is 0. The summed E-state index contributed by atoms with van der Waals surface area (Å²) in [5, 5.41) is 14.4. The Morgan fingerprint density at radius 1 is 0.957 bits per heavy atom. The average molecular weight is 615 g/mol. The molecule has 3 heterocycles. The van der Waals surface area contributed by atoms with E-state index >= 15 is 0 Å². The van der Waals surface area contributed by atoms with Crippen molar-refractivity contribution in [3.63, 3.8) is 0 Å². The third kappa shape index (κ3) is 7.47. The van der Waals surface area contributed by atoms with Crippen LogP contribution in [0.25, 0.3) is 28.0 Å². The van der Waals surface area contributed by atoms with Crippen LogP contribution in [0.3, 0.4) is 0 Å². The fourth-order valence-corrected chi connectivity index (χ4v) is 5.78. The van der Waals surface area contributed by atoms with Gasteiger partial charge in [0.2, 0.25) is 11.9 Å². The standard InChI is InChI=1S/C36H38N8O2/c1-43(2)22-9-15-32(45)38-27-18-16-26(17-19-27)35(46)39-28-12-8-13-29(24-28)40-36-37-21-20-30(41-36)33-31-14-6-7-23-44(31)42-34(33)25-10-4-3-5-11-25/h3-7,9-11,14-21,23,28-29H,8,12-13,22,24H2,1-2H3,(H,38,45)(H,39,46)(H,37,40,41)/b15-9+. The fourth-order valence-electron chi connectivity index (χ4n) is 5.78. The van der Waals surface area contributed by atoms with Gasteiger partial charge in [0.05, 0.1) is 16.8 Å². The number of aromatic nitrogens is 4. The summed E-state index contributed by atoms with van der Waals surface area (Å²) in [6.07, 6.45) is 10.6. The smallest absolute Gasteiger partial charge is 0.251 e. The molecule has 5 aromatic rings. The van der Waals surface area contributed by atoms with Crippen molar-refractivity contribution in [2.24, 2.45) is 0 Å². The highest BCUT2D eigenvalue weighted by atomic mass is 16.2. The second-order valence-electron chi connectivity index (χ2n) is 11.8. The molecule has 0 radical (unpaired) electrons. The highest BCUT2D eigenvalue weighted by Gasteiger charge is 2.25. The molecule has 1 saturated carbocycles. The van der Waals surface area contributed by atoms with Crippen LogP contribution in [0.4, 0.5) is 11.6 Å². The van der Waals surface area contributed by atoms with Crippen molar-refractivity contribution in [3.8, 4) is 22.5 Å². The Labute approximate surface area is 268 Å². The quantitative estimate of drug-likeness (QED) is 0.174. The van der Waals surface area contributed by atoms with Gasteiger partial charge in [0.1, 0.15) is 5.69 Å². The Morgan fingerprint density at radius 3 is 2.54 bits per heavy atom. The van der Waals surface area contributed by atoms with E-state index in [1.165, 1.54) is 6.08 Å². The summed E-state index contributed by atoms with van der Waals surface area (Å²) in [5.41, 5.74) is 5.80. The zero-order valence-corrected chi connectivity index (χ0v) is 26.1. The summed E-state index contributed by atoms with van der Waals surface area (Å²) < 4.78 is 1.88. The maximum Gasteiger partial charge on any atom is 0.251 e. The lowest BCUT2D eigenvalue weighted by Crippen LogP contribution is -2.42. The van der Waals surface area contributed by atoms with Gasteiger partial charge in [-0.2, -0.15) is 5.10 Å². The van der Waals surface area contributed by atoms with E-state index in [1.807, 2.05) is 72.2 Å². The number of fused-ring (bicyclic) bond motifs is 1. The zero-order chi connectivity index (χ0) is 31.9. The third-order valence-corrected chi connectivity index (χ3v) is 8.00. The average Bonchev–Trinajstić information content (AvgIpc) is 3.45. The van der Waals surface area contributed by atoms with Crippen LogP contribution in [0, 0.1) is 0 Å². The topological polar surface area (TPSA) is 117 Å². The van der Waals surface area contributed by atoms with Crippen LogP contribution < -0.4 is 16.0 Å². The molecular formula is C36H38N8O2. The number of anilines is 2. The number of likely N-dealkylation sites (N-methyl/N-ethyl adjacent to an activating group) is 1.